The second-order valence-electron chi connectivity index (χ2n) is 6.48. The van der Waals surface area contributed by atoms with Crippen molar-refractivity contribution in [2.45, 2.75) is 6.54 Å². The van der Waals surface area contributed by atoms with Gasteiger partial charge in [0.25, 0.3) is 5.91 Å². The molecule has 0 spiro atoms. The molecule has 7 heteroatoms. The molecule has 0 saturated heterocycles. The Kier molecular flexibility index (Phi) is 4.50. The van der Waals surface area contributed by atoms with Crippen LogP contribution in [0.25, 0.3) is 21.2 Å². The zero-order valence-corrected chi connectivity index (χ0v) is 16.7. The molecule has 3 aromatic heterocycles. The minimum Gasteiger partial charge on any atom is -0.451 e. The Morgan fingerprint density at radius 1 is 1.10 bits per heavy atom. The Morgan fingerprint density at radius 2 is 2.00 bits per heavy atom. The van der Waals surface area contributed by atoms with Crippen LogP contribution in [0.4, 0.5) is 5.13 Å². The average molecular weight is 420 g/mol. The van der Waals surface area contributed by atoms with E-state index in [0.29, 0.717) is 27.8 Å². The summed E-state index contributed by atoms with van der Waals surface area (Å²) in [5.41, 5.74) is 2.24. The standard InChI is InChI=1S/C22H14ClN3O2S/c23-16-7-3-9-19-20(16)25-22(29-19)26(13-14-5-4-10-24-12-14)21(27)18-11-15-6-1-2-8-17(15)28-18/h1-12H,13H2. The number of pyridine rings is 1. The molecule has 0 aliphatic rings. The summed E-state index contributed by atoms with van der Waals surface area (Å²) in [6.45, 7) is 0.321. The molecule has 0 aliphatic heterocycles. The van der Waals surface area contributed by atoms with Crippen molar-refractivity contribution >= 4 is 55.2 Å². The number of carbonyl (C=O) groups is 1. The number of hydrogen-bond donors (Lipinski definition) is 0. The first-order valence-corrected chi connectivity index (χ1v) is 10.1. The summed E-state index contributed by atoms with van der Waals surface area (Å²) < 4.78 is 6.73. The number of aromatic nitrogens is 2. The van der Waals surface area contributed by atoms with Crippen LogP contribution >= 0.6 is 22.9 Å². The van der Waals surface area contributed by atoms with E-state index >= 15 is 0 Å². The molecule has 2 aromatic carbocycles. The lowest BCUT2D eigenvalue weighted by molar-refractivity contribution is 0.0960. The predicted octanol–water partition coefficient (Wildman–Crippen LogP) is 5.94. The van der Waals surface area contributed by atoms with Gasteiger partial charge < -0.3 is 4.42 Å². The van der Waals surface area contributed by atoms with Gasteiger partial charge in [-0.2, -0.15) is 0 Å². The molecule has 29 heavy (non-hydrogen) atoms. The number of para-hydroxylation sites is 2. The second-order valence-corrected chi connectivity index (χ2v) is 7.90. The molecule has 0 fully saturated rings. The lowest BCUT2D eigenvalue weighted by atomic mass is 10.2. The maximum atomic E-state index is 13.4. The van der Waals surface area contributed by atoms with Crippen molar-refractivity contribution in [2.75, 3.05) is 4.90 Å². The van der Waals surface area contributed by atoms with Crippen LogP contribution in [-0.2, 0) is 6.54 Å². The highest BCUT2D eigenvalue weighted by atomic mass is 35.5. The van der Waals surface area contributed by atoms with E-state index in [-0.39, 0.29) is 11.7 Å². The SMILES string of the molecule is O=C(c1cc2ccccc2o1)N(Cc1cccnc1)c1nc2c(Cl)cccc2s1. The molecular weight excluding hydrogens is 406 g/mol. The lowest BCUT2D eigenvalue weighted by Crippen LogP contribution is -2.30. The van der Waals surface area contributed by atoms with Crippen LogP contribution in [0.1, 0.15) is 16.1 Å². The zero-order valence-electron chi connectivity index (χ0n) is 15.1. The van der Waals surface area contributed by atoms with Crippen LogP contribution in [0.3, 0.4) is 0 Å². The molecule has 5 aromatic rings. The molecule has 0 unspecified atom stereocenters. The minimum absolute atomic E-state index is 0.264. The molecule has 0 bridgehead atoms. The fourth-order valence-electron chi connectivity index (χ4n) is 3.14. The smallest absolute Gasteiger partial charge is 0.296 e. The van der Waals surface area contributed by atoms with Crippen LogP contribution in [0.5, 0.6) is 0 Å². The topological polar surface area (TPSA) is 59.2 Å². The minimum atomic E-state index is -0.264. The van der Waals surface area contributed by atoms with Crippen molar-refractivity contribution in [1.29, 1.82) is 0 Å². The second kappa shape index (κ2) is 7.31. The number of nitrogens with zero attached hydrogens (tertiary/aromatic N) is 3. The van der Waals surface area contributed by atoms with Gasteiger partial charge in [0.2, 0.25) is 0 Å². The third-order valence-corrected chi connectivity index (χ3v) is 5.88. The fourth-order valence-corrected chi connectivity index (χ4v) is 4.40. The summed E-state index contributed by atoms with van der Waals surface area (Å²) in [5.74, 6) is 0.000625. The van der Waals surface area contributed by atoms with E-state index in [4.69, 9.17) is 16.0 Å². The van der Waals surface area contributed by atoms with Crippen molar-refractivity contribution in [3.63, 3.8) is 0 Å². The first-order valence-electron chi connectivity index (χ1n) is 8.93. The molecule has 5 nitrogen and oxygen atoms in total. The van der Waals surface area contributed by atoms with Gasteiger partial charge in [0.15, 0.2) is 10.9 Å². The van der Waals surface area contributed by atoms with Crippen molar-refractivity contribution < 1.29 is 9.21 Å². The summed E-state index contributed by atoms with van der Waals surface area (Å²) >= 11 is 7.71. The lowest BCUT2D eigenvalue weighted by Gasteiger charge is -2.18. The van der Waals surface area contributed by atoms with Gasteiger partial charge in [-0.05, 0) is 35.9 Å². The molecule has 0 radical (unpaired) electrons. The monoisotopic (exact) mass is 419 g/mol. The van der Waals surface area contributed by atoms with E-state index in [0.717, 1.165) is 15.6 Å². The molecule has 142 valence electrons. The highest BCUT2D eigenvalue weighted by Gasteiger charge is 2.25. The number of hydrogen-bond acceptors (Lipinski definition) is 5. The largest absolute Gasteiger partial charge is 0.451 e. The number of rotatable bonds is 4. The van der Waals surface area contributed by atoms with Crippen LogP contribution in [0.2, 0.25) is 5.02 Å². The van der Waals surface area contributed by atoms with E-state index in [9.17, 15) is 4.79 Å². The Labute approximate surface area is 175 Å². The van der Waals surface area contributed by atoms with Crippen LogP contribution < -0.4 is 4.90 Å². The Balaban J connectivity index is 1.60. The van der Waals surface area contributed by atoms with Crippen molar-refractivity contribution in [1.82, 2.24) is 9.97 Å². The van der Waals surface area contributed by atoms with Gasteiger partial charge in [-0.25, -0.2) is 4.98 Å². The van der Waals surface area contributed by atoms with Crippen molar-refractivity contribution in [3.8, 4) is 0 Å². The number of amides is 1. The summed E-state index contributed by atoms with van der Waals surface area (Å²) in [4.78, 5) is 23.8. The fraction of sp³-hybridized carbons (Fsp3) is 0.0455. The number of furan rings is 1. The molecule has 5 rings (SSSR count). The van der Waals surface area contributed by atoms with E-state index in [2.05, 4.69) is 9.97 Å². The first kappa shape index (κ1) is 17.8. The zero-order chi connectivity index (χ0) is 19.8. The predicted molar refractivity (Wildman–Crippen MR) is 116 cm³/mol. The summed E-state index contributed by atoms with van der Waals surface area (Å²) in [6, 6.07) is 18.7. The maximum Gasteiger partial charge on any atom is 0.296 e. The molecule has 0 aliphatic carbocycles. The Bertz CT molecular complexity index is 1300. The van der Waals surface area contributed by atoms with Gasteiger partial charge >= 0.3 is 0 Å². The normalized spacial score (nSPS) is 11.2. The molecular formula is C22H14ClN3O2S. The molecule has 0 saturated carbocycles. The van der Waals surface area contributed by atoms with E-state index in [1.807, 2.05) is 48.5 Å². The molecule has 3 heterocycles. The van der Waals surface area contributed by atoms with Gasteiger partial charge in [-0.3, -0.25) is 14.7 Å². The Hall–Kier alpha value is -3.22. The quantitative estimate of drug-likeness (QED) is 0.362. The van der Waals surface area contributed by atoms with Crippen LogP contribution in [-0.4, -0.2) is 15.9 Å². The summed E-state index contributed by atoms with van der Waals surface area (Å²) in [6.07, 6.45) is 3.44. The van der Waals surface area contributed by atoms with Crippen LogP contribution in [0, 0.1) is 0 Å². The van der Waals surface area contributed by atoms with Gasteiger partial charge in [0.1, 0.15) is 11.1 Å². The molecule has 0 N–H and O–H groups in total. The van der Waals surface area contributed by atoms with Gasteiger partial charge in [0.05, 0.1) is 16.3 Å². The number of halogens is 1. The summed E-state index contributed by atoms with van der Waals surface area (Å²) in [5, 5.41) is 1.99. The molecule has 0 atom stereocenters. The highest BCUT2D eigenvalue weighted by molar-refractivity contribution is 7.22. The van der Waals surface area contributed by atoms with E-state index in [1.165, 1.54) is 11.3 Å². The first-order chi connectivity index (χ1) is 14.2. The van der Waals surface area contributed by atoms with Gasteiger partial charge in [0, 0.05) is 17.8 Å². The number of anilines is 1. The Morgan fingerprint density at radius 3 is 2.79 bits per heavy atom. The number of benzene rings is 2. The number of fused-ring (bicyclic) bond motifs is 2. The van der Waals surface area contributed by atoms with E-state index < -0.39 is 0 Å². The van der Waals surface area contributed by atoms with Crippen molar-refractivity contribution in [3.05, 3.63) is 89.4 Å². The van der Waals surface area contributed by atoms with E-state index in [1.54, 1.807) is 29.4 Å². The molecule has 1 amide bonds. The van der Waals surface area contributed by atoms with Crippen molar-refractivity contribution in [2.24, 2.45) is 0 Å². The number of thiazole rings is 1. The van der Waals surface area contributed by atoms with Gasteiger partial charge in [-0.15, -0.1) is 0 Å². The highest BCUT2D eigenvalue weighted by Crippen LogP contribution is 2.34. The third kappa shape index (κ3) is 3.37. The third-order valence-electron chi connectivity index (χ3n) is 4.53. The van der Waals surface area contributed by atoms with Gasteiger partial charge in [-0.1, -0.05) is 53.3 Å². The number of carbonyl (C=O) groups excluding carboxylic acids is 1. The maximum absolute atomic E-state index is 13.4. The van der Waals surface area contributed by atoms with Crippen LogP contribution in [0.15, 0.2) is 77.5 Å². The average Bonchev–Trinajstić information content (AvgIpc) is 3.37. The summed E-state index contributed by atoms with van der Waals surface area (Å²) in [7, 11) is 0.